The highest BCUT2D eigenvalue weighted by Gasteiger charge is 2.15. The first-order chi connectivity index (χ1) is 9.50. The quantitative estimate of drug-likeness (QED) is 0.689. The van der Waals surface area contributed by atoms with Crippen molar-refractivity contribution in [3.8, 4) is 0 Å². The maximum absolute atomic E-state index is 12.3. The molecule has 2 aromatic rings. The van der Waals surface area contributed by atoms with Gasteiger partial charge in [0.1, 0.15) is 0 Å². The molecule has 0 aliphatic heterocycles. The average molecular weight is 307 g/mol. The number of rotatable bonds is 4. The Hall–Kier alpha value is -1.31. The van der Waals surface area contributed by atoms with Crippen molar-refractivity contribution in [1.82, 2.24) is 0 Å². The monoisotopic (exact) mass is 306 g/mol. The second-order valence-corrected chi connectivity index (χ2v) is 5.70. The molecule has 0 fully saturated rings. The number of Topliss-reactive ketones (excluding diaryl/α,β-unsaturated/α-hetero) is 1. The fraction of sp³-hybridized carbons (Fsp3) is 0.235. The van der Waals surface area contributed by atoms with Crippen LogP contribution < -0.4 is 0 Å². The summed E-state index contributed by atoms with van der Waals surface area (Å²) in [4.78, 5) is 12.3. The largest absolute Gasteiger partial charge is 0.294 e. The van der Waals surface area contributed by atoms with Crippen LogP contribution in [0.25, 0.3) is 0 Å². The molecule has 0 saturated carbocycles. The smallest absolute Gasteiger partial charge is 0.166 e. The summed E-state index contributed by atoms with van der Waals surface area (Å²) in [5, 5.41) is 0.841. The number of hydrogen-bond donors (Lipinski definition) is 0. The predicted molar refractivity (Wildman–Crippen MR) is 85.0 cm³/mol. The second kappa shape index (κ2) is 6.43. The molecule has 3 heteroatoms. The van der Waals surface area contributed by atoms with Gasteiger partial charge in [-0.1, -0.05) is 47.5 Å². The third-order valence-electron chi connectivity index (χ3n) is 3.49. The molecule has 0 radical (unpaired) electrons. The standard InChI is InChI=1S/C17H16Cl2O/c1-11-5-3-6-12(2)13(11)9-10-16(20)17-14(18)7-4-8-15(17)19/h3-8H,9-10H2,1-2H3. The number of carbonyl (C=O) groups is 1. The van der Waals surface area contributed by atoms with Gasteiger partial charge in [-0.25, -0.2) is 0 Å². The first-order valence-electron chi connectivity index (χ1n) is 6.53. The highest BCUT2D eigenvalue weighted by molar-refractivity contribution is 6.39. The summed E-state index contributed by atoms with van der Waals surface area (Å²) < 4.78 is 0. The third-order valence-corrected chi connectivity index (χ3v) is 4.12. The molecule has 0 spiro atoms. The lowest BCUT2D eigenvalue weighted by molar-refractivity contribution is 0.0983. The van der Waals surface area contributed by atoms with E-state index in [1.807, 2.05) is 6.07 Å². The molecule has 0 N–H and O–H groups in total. The Kier molecular flexibility index (Phi) is 4.85. The lowest BCUT2D eigenvalue weighted by atomic mass is 9.96. The van der Waals surface area contributed by atoms with E-state index in [2.05, 4.69) is 26.0 Å². The SMILES string of the molecule is Cc1cccc(C)c1CCC(=O)c1c(Cl)cccc1Cl. The zero-order valence-electron chi connectivity index (χ0n) is 11.5. The summed E-state index contributed by atoms with van der Waals surface area (Å²) >= 11 is 12.1. The van der Waals surface area contributed by atoms with Crippen molar-refractivity contribution in [3.63, 3.8) is 0 Å². The van der Waals surface area contributed by atoms with Crippen LogP contribution in [0.1, 0.15) is 33.5 Å². The minimum absolute atomic E-state index is 0.0109. The number of carbonyl (C=O) groups excluding carboxylic acids is 1. The van der Waals surface area contributed by atoms with E-state index in [4.69, 9.17) is 23.2 Å². The van der Waals surface area contributed by atoms with Gasteiger partial charge >= 0.3 is 0 Å². The number of hydrogen-bond acceptors (Lipinski definition) is 1. The molecular weight excluding hydrogens is 291 g/mol. The summed E-state index contributed by atoms with van der Waals surface area (Å²) in [6.07, 6.45) is 1.12. The lowest BCUT2D eigenvalue weighted by Gasteiger charge is -2.10. The molecule has 104 valence electrons. The van der Waals surface area contributed by atoms with Gasteiger partial charge in [0.2, 0.25) is 0 Å². The zero-order valence-corrected chi connectivity index (χ0v) is 13.1. The van der Waals surface area contributed by atoms with Gasteiger partial charge < -0.3 is 0 Å². The van der Waals surface area contributed by atoms with Crippen LogP contribution >= 0.6 is 23.2 Å². The van der Waals surface area contributed by atoms with E-state index in [-0.39, 0.29) is 5.78 Å². The molecule has 0 atom stereocenters. The van der Waals surface area contributed by atoms with Crippen molar-refractivity contribution < 1.29 is 4.79 Å². The van der Waals surface area contributed by atoms with E-state index in [9.17, 15) is 4.79 Å². The van der Waals surface area contributed by atoms with Gasteiger partial charge in [-0.2, -0.15) is 0 Å². The molecule has 2 rings (SSSR count). The van der Waals surface area contributed by atoms with Crippen molar-refractivity contribution >= 4 is 29.0 Å². The topological polar surface area (TPSA) is 17.1 Å². The first kappa shape index (κ1) is 15.1. The molecule has 0 amide bonds. The lowest BCUT2D eigenvalue weighted by Crippen LogP contribution is -2.05. The van der Waals surface area contributed by atoms with Crippen molar-refractivity contribution in [2.75, 3.05) is 0 Å². The Labute approximate surface area is 129 Å². The summed E-state index contributed by atoms with van der Waals surface area (Å²) in [6.45, 7) is 4.13. The number of ketones is 1. The highest BCUT2D eigenvalue weighted by Crippen LogP contribution is 2.26. The molecule has 1 nitrogen and oxygen atoms in total. The van der Waals surface area contributed by atoms with Gasteiger partial charge in [-0.3, -0.25) is 4.79 Å². The molecule has 0 unspecified atom stereocenters. The van der Waals surface area contributed by atoms with E-state index < -0.39 is 0 Å². The van der Waals surface area contributed by atoms with Crippen molar-refractivity contribution in [1.29, 1.82) is 0 Å². The van der Waals surface area contributed by atoms with Gasteiger partial charge in [0.25, 0.3) is 0 Å². The van der Waals surface area contributed by atoms with Gasteiger partial charge in [0, 0.05) is 6.42 Å². The van der Waals surface area contributed by atoms with Gasteiger partial charge in [0.05, 0.1) is 15.6 Å². The highest BCUT2D eigenvalue weighted by atomic mass is 35.5. The van der Waals surface area contributed by atoms with E-state index in [1.165, 1.54) is 16.7 Å². The maximum atomic E-state index is 12.3. The molecule has 0 aliphatic rings. The van der Waals surface area contributed by atoms with E-state index in [0.29, 0.717) is 28.5 Å². The van der Waals surface area contributed by atoms with Crippen LogP contribution in [0.15, 0.2) is 36.4 Å². The Balaban J connectivity index is 2.17. The van der Waals surface area contributed by atoms with Gasteiger partial charge in [0.15, 0.2) is 5.78 Å². The molecule has 0 heterocycles. The van der Waals surface area contributed by atoms with Crippen molar-refractivity contribution in [3.05, 3.63) is 68.7 Å². The summed E-state index contributed by atoms with van der Waals surface area (Å²) in [7, 11) is 0. The van der Waals surface area contributed by atoms with Crippen molar-refractivity contribution in [2.45, 2.75) is 26.7 Å². The molecule has 0 aromatic heterocycles. The van der Waals surface area contributed by atoms with Crippen LogP contribution in [0.2, 0.25) is 10.0 Å². The van der Waals surface area contributed by atoms with Crippen LogP contribution in [-0.2, 0) is 6.42 Å². The Bertz CT molecular complexity index is 607. The molecule has 0 saturated heterocycles. The number of benzene rings is 2. The van der Waals surface area contributed by atoms with Crippen LogP contribution in [0.3, 0.4) is 0 Å². The fourth-order valence-electron chi connectivity index (χ4n) is 2.37. The van der Waals surface area contributed by atoms with E-state index in [1.54, 1.807) is 18.2 Å². The maximum Gasteiger partial charge on any atom is 0.166 e. The molecular formula is C17H16Cl2O. The summed E-state index contributed by atoms with van der Waals surface area (Å²) in [5.41, 5.74) is 4.08. The van der Waals surface area contributed by atoms with Gasteiger partial charge in [-0.15, -0.1) is 0 Å². The average Bonchev–Trinajstić information content (AvgIpc) is 2.38. The van der Waals surface area contributed by atoms with E-state index in [0.717, 1.165) is 0 Å². The number of halogens is 2. The van der Waals surface area contributed by atoms with Crippen LogP contribution in [0.4, 0.5) is 0 Å². The summed E-state index contributed by atoms with van der Waals surface area (Å²) in [6, 6.07) is 11.3. The predicted octanol–water partition coefficient (Wildman–Crippen LogP) is 5.43. The molecule has 0 bridgehead atoms. The zero-order chi connectivity index (χ0) is 14.7. The minimum Gasteiger partial charge on any atom is -0.294 e. The minimum atomic E-state index is -0.0109. The molecule has 0 aliphatic carbocycles. The summed E-state index contributed by atoms with van der Waals surface area (Å²) in [5.74, 6) is -0.0109. The van der Waals surface area contributed by atoms with Gasteiger partial charge in [-0.05, 0) is 49.1 Å². The number of aryl methyl sites for hydroxylation is 2. The Morgan fingerprint density at radius 1 is 0.950 bits per heavy atom. The fourth-order valence-corrected chi connectivity index (χ4v) is 2.98. The van der Waals surface area contributed by atoms with Crippen LogP contribution in [-0.4, -0.2) is 5.78 Å². The Morgan fingerprint density at radius 2 is 1.45 bits per heavy atom. The second-order valence-electron chi connectivity index (χ2n) is 4.89. The molecule has 2 aromatic carbocycles. The van der Waals surface area contributed by atoms with Crippen LogP contribution in [0, 0.1) is 13.8 Å². The van der Waals surface area contributed by atoms with Crippen molar-refractivity contribution in [2.24, 2.45) is 0 Å². The molecule has 20 heavy (non-hydrogen) atoms. The normalized spacial score (nSPS) is 10.6. The first-order valence-corrected chi connectivity index (χ1v) is 7.28. The third kappa shape index (κ3) is 3.23. The Morgan fingerprint density at radius 3 is 2.00 bits per heavy atom. The van der Waals surface area contributed by atoms with E-state index >= 15 is 0 Å². The van der Waals surface area contributed by atoms with Crippen LogP contribution in [0.5, 0.6) is 0 Å².